The van der Waals surface area contributed by atoms with Crippen LogP contribution in [0.4, 0.5) is 17.1 Å². The third-order valence-corrected chi connectivity index (χ3v) is 2.09. The van der Waals surface area contributed by atoms with Crippen molar-refractivity contribution in [1.29, 1.82) is 0 Å². The monoisotopic (exact) mass is 223 g/mol. The normalized spacial score (nSPS) is 9.88. The lowest BCUT2D eigenvalue weighted by Gasteiger charge is -2.08. The summed E-state index contributed by atoms with van der Waals surface area (Å²) in [6, 6.07) is 4.98. The van der Waals surface area contributed by atoms with E-state index in [0.717, 1.165) is 30.9 Å². The Labute approximate surface area is 95.0 Å². The predicted molar refractivity (Wildman–Crippen MR) is 66.0 cm³/mol. The molecule has 0 heterocycles. The molecule has 88 valence electrons. The molecule has 0 atom stereocenters. The van der Waals surface area contributed by atoms with Gasteiger partial charge in [-0.05, 0) is 19.4 Å². The zero-order valence-electron chi connectivity index (χ0n) is 9.62. The van der Waals surface area contributed by atoms with E-state index in [1.807, 2.05) is 13.0 Å². The fourth-order valence-electron chi connectivity index (χ4n) is 1.39. The molecule has 1 rings (SSSR count). The summed E-state index contributed by atoms with van der Waals surface area (Å²) >= 11 is 0. The summed E-state index contributed by atoms with van der Waals surface area (Å²) in [5.74, 6) is 0. The van der Waals surface area contributed by atoms with E-state index in [1.165, 1.54) is 0 Å². The Kier molecular flexibility index (Phi) is 4.57. The molecule has 2 N–H and O–H groups in total. The molecule has 1 aromatic rings. The number of nitrogens with one attached hydrogen (secondary N) is 2. The largest absolute Gasteiger partial charge is 0.385 e. The quantitative estimate of drug-likeness (QED) is 0.574. The van der Waals surface area contributed by atoms with E-state index in [9.17, 15) is 10.1 Å². The number of anilines is 2. The number of nitro benzene ring substituents is 1. The van der Waals surface area contributed by atoms with Crippen LogP contribution in [0.2, 0.25) is 0 Å². The predicted octanol–water partition coefficient (Wildman–Crippen LogP) is 2.85. The van der Waals surface area contributed by atoms with Crippen LogP contribution in [0.15, 0.2) is 18.2 Å². The van der Waals surface area contributed by atoms with Crippen molar-refractivity contribution in [3.63, 3.8) is 0 Å². The molecule has 0 aliphatic carbocycles. The fraction of sp³-hybridized carbons (Fsp3) is 0.455. The second kappa shape index (κ2) is 5.95. The fourth-order valence-corrected chi connectivity index (χ4v) is 1.39. The Morgan fingerprint density at radius 2 is 1.81 bits per heavy atom. The van der Waals surface area contributed by atoms with Gasteiger partial charge in [-0.1, -0.05) is 6.92 Å². The van der Waals surface area contributed by atoms with Crippen molar-refractivity contribution in [3.8, 4) is 0 Å². The van der Waals surface area contributed by atoms with Crippen molar-refractivity contribution in [2.24, 2.45) is 0 Å². The van der Waals surface area contributed by atoms with Gasteiger partial charge in [-0.25, -0.2) is 0 Å². The highest BCUT2D eigenvalue weighted by Gasteiger charge is 2.08. The van der Waals surface area contributed by atoms with E-state index < -0.39 is 0 Å². The van der Waals surface area contributed by atoms with Gasteiger partial charge in [0.15, 0.2) is 0 Å². The molecule has 1 aromatic carbocycles. The van der Waals surface area contributed by atoms with E-state index in [-0.39, 0.29) is 10.6 Å². The second-order valence-corrected chi connectivity index (χ2v) is 3.48. The lowest BCUT2D eigenvalue weighted by molar-refractivity contribution is -0.384. The first kappa shape index (κ1) is 12.3. The van der Waals surface area contributed by atoms with Crippen LogP contribution in [-0.4, -0.2) is 18.0 Å². The number of rotatable bonds is 6. The van der Waals surface area contributed by atoms with Gasteiger partial charge in [0.2, 0.25) is 0 Å². The first-order chi connectivity index (χ1) is 7.67. The lowest BCUT2D eigenvalue weighted by Crippen LogP contribution is -2.03. The number of nitro groups is 1. The van der Waals surface area contributed by atoms with E-state index in [1.54, 1.807) is 12.1 Å². The minimum atomic E-state index is -0.377. The van der Waals surface area contributed by atoms with Gasteiger partial charge >= 0.3 is 0 Å². The number of hydrogen-bond donors (Lipinski definition) is 2. The lowest BCUT2D eigenvalue weighted by atomic mass is 10.2. The molecule has 0 aromatic heterocycles. The molecule has 0 bridgehead atoms. The highest BCUT2D eigenvalue weighted by Crippen LogP contribution is 2.24. The van der Waals surface area contributed by atoms with Crippen LogP contribution in [0.1, 0.15) is 20.3 Å². The van der Waals surface area contributed by atoms with Crippen LogP contribution >= 0.6 is 0 Å². The average Bonchev–Trinajstić information content (AvgIpc) is 2.26. The van der Waals surface area contributed by atoms with Crippen LogP contribution in [0.3, 0.4) is 0 Å². The Hall–Kier alpha value is -1.78. The summed E-state index contributed by atoms with van der Waals surface area (Å²) < 4.78 is 0. The third-order valence-electron chi connectivity index (χ3n) is 2.09. The first-order valence-electron chi connectivity index (χ1n) is 5.44. The van der Waals surface area contributed by atoms with Crippen molar-refractivity contribution in [1.82, 2.24) is 0 Å². The van der Waals surface area contributed by atoms with Crippen LogP contribution in [-0.2, 0) is 0 Å². The Bertz CT molecular complexity index is 366. The number of hydrogen-bond acceptors (Lipinski definition) is 4. The zero-order chi connectivity index (χ0) is 12.0. The van der Waals surface area contributed by atoms with Gasteiger partial charge in [-0.2, -0.15) is 0 Å². The van der Waals surface area contributed by atoms with Gasteiger partial charge in [0.05, 0.1) is 4.92 Å². The SMILES string of the molecule is CCCNc1cc(NCC)cc([N+](=O)[O-])c1. The van der Waals surface area contributed by atoms with E-state index >= 15 is 0 Å². The Morgan fingerprint density at radius 3 is 2.31 bits per heavy atom. The maximum Gasteiger partial charge on any atom is 0.273 e. The summed E-state index contributed by atoms with van der Waals surface area (Å²) in [5.41, 5.74) is 1.67. The molecular formula is C11H17N3O2. The zero-order valence-corrected chi connectivity index (χ0v) is 9.62. The van der Waals surface area contributed by atoms with Crippen molar-refractivity contribution in [3.05, 3.63) is 28.3 Å². The minimum Gasteiger partial charge on any atom is -0.385 e. The molecule has 5 nitrogen and oxygen atoms in total. The molecule has 0 fully saturated rings. The van der Waals surface area contributed by atoms with Crippen LogP contribution in [0, 0.1) is 10.1 Å². The van der Waals surface area contributed by atoms with Gasteiger partial charge in [0.1, 0.15) is 0 Å². The summed E-state index contributed by atoms with van der Waals surface area (Å²) in [4.78, 5) is 10.4. The Balaban J connectivity index is 2.93. The molecule has 0 saturated carbocycles. The average molecular weight is 223 g/mol. The molecule has 0 aliphatic rings. The van der Waals surface area contributed by atoms with Crippen molar-refractivity contribution < 1.29 is 4.92 Å². The molecule has 16 heavy (non-hydrogen) atoms. The summed E-state index contributed by atoms with van der Waals surface area (Å²) in [5, 5.41) is 17.0. The third kappa shape index (κ3) is 3.42. The first-order valence-corrected chi connectivity index (χ1v) is 5.44. The highest BCUT2D eigenvalue weighted by molar-refractivity contribution is 5.63. The van der Waals surface area contributed by atoms with Gasteiger partial charge in [0.25, 0.3) is 5.69 Å². The van der Waals surface area contributed by atoms with Crippen molar-refractivity contribution in [2.45, 2.75) is 20.3 Å². The van der Waals surface area contributed by atoms with Crippen LogP contribution in [0.25, 0.3) is 0 Å². The number of non-ortho nitro benzene ring substituents is 1. The molecule has 0 unspecified atom stereocenters. The smallest absolute Gasteiger partial charge is 0.273 e. The second-order valence-electron chi connectivity index (χ2n) is 3.48. The van der Waals surface area contributed by atoms with Gasteiger partial charge in [-0.3, -0.25) is 10.1 Å². The van der Waals surface area contributed by atoms with Crippen LogP contribution in [0.5, 0.6) is 0 Å². The van der Waals surface area contributed by atoms with Crippen LogP contribution < -0.4 is 10.6 Å². The molecule has 0 saturated heterocycles. The topological polar surface area (TPSA) is 67.2 Å². The molecule has 0 spiro atoms. The van der Waals surface area contributed by atoms with Gasteiger partial charge in [-0.15, -0.1) is 0 Å². The molecule has 0 radical (unpaired) electrons. The molecule has 5 heteroatoms. The van der Waals surface area contributed by atoms with Crippen molar-refractivity contribution >= 4 is 17.1 Å². The maximum absolute atomic E-state index is 10.7. The van der Waals surface area contributed by atoms with Crippen molar-refractivity contribution in [2.75, 3.05) is 23.7 Å². The molecule has 0 aliphatic heterocycles. The number of nitrogens with zero attached hydrogens (tertiary/aromatic N) is 1. The summed E-state index contributed by atoms with van der Waals surface area (Å²) in [7, 11) is 0. The highest BCUT2D eigenvalue weighted by atomic mass is 16.6. The van der Waals surface area contributed by atoms with E-state index in [4.69, 9.17) is 0 Å². The number of benzene rings is 1. The van der Waals surface area contributed by atoms with E-state index in [0.29, 0.717) is 0 Å². The maximum atomic E-state index is 10.7. The van der Waals surface area contributed by atoms with E-state index in [2.05, 4.69) is 17.6 Å². The molecular weight excluding hydrogens is 206 g/mol. The standard InChI is InChI=1S/C11H17N3O2/c1-3-5-13-10-6-9(12-4-2)7-11(8-10)14(15)16/h6-8,12-13H,3-5H2,1-2H3. The molecule has 0 amide bonds. The Morgan fingerprint density at radius 1 is 1.19 bits per heavy atom. The minimum absolute atomic E-state index is 0.108. The van der Waals surface area contributed by atoms with Gasteiger partial charge in [0, 0.05) is 36.6 Å². The van der Waals surface area contributed by atoms with Gasteiger partial charge < -0.3 is 10.6 Å². The summed E-state index contributed by atoms with van der Waals surface area (Å²) in [6.07, 6.45) is 0.985. The summed E-state index contributed by atoms with van der Waals surface area (Å²) in [6.45, 7) is 5.56.